The molecular formula is C13H26N2O4. The van der Waals surface area contributed by atoms with Gasteiger partial charge in [-0.15, -0.1) is 0 Å². The van der Waals surface area contributed by atoms with Gasteiger partial charge in [0.15, 0.2) is 0 Å². The second kappa shape index (κ2) is 6.07. The Bertz CT molecular complexity index is 308. The number of carbonyl (C=O) groups is 1. The molecule has 1 amide bonds. The minimum atomic E-state index is -1.11. The molecule has 0 spiro atoms. The molecule has 1 aliphatic carbocycles. The van der Waals surface area contributed by atoms with Crippen LogP contribution in [0.25, 0.3) is 0 Å². The molecule has 6 nitrogen and oxygen atoms in total. The van der Waals surface area contributed by atoms with Crippen molar-refractivity contribution >= 4 is 6.09 Å². The number of hydrogen-bond donors (Lipinski definition) is 5. The number of aliphatic hydroxyl groups excluding tert-OH is 2. The van der Waals surface area contributed by atoms with Crippen LogP contribution < -0.4 is 10.6 Å². The first-order chi connectivity index (χ1) is 8.69. The van der Waals surface area contributed by atoms with Crippen molar-refractivity contribution in [2.45, 2.75) is 57.7 Å². The Morgan fingerprint density at radius 2 is 1.95 bits per heavy atom. The Morgan fingerprint density at radius 1 is 1.37 bits per heavy atom. The van der Waals surface area contributed by atoms with Gasteiger partial charge in [0.1, 0.15) is 0 Å². The van der Waals surface area contributed by atoms with Crippen molar-refractivity contribution in [3.63, 3.8) is 0 Å². The molecule has 0 unspecified atom stereocenters. The number of amides is 1. The maximum atomic E-state index is 10.7. The molecule has 0 aromatic heterocycles. The molecule has 0 heterocycles. The van der Waals surface area contributed by atoms with Gasteiger partial charge in [0, 0.05) is 12.1 Å². The summed E-state index contributed by atoms with van der Waals surface area (Å²) in [5.41, 5.74) is -0.594. The lowest BCUT2D eigenvalue weighted by Gasteiger charge is -2.48. The van der Waals surface area contributed by atoms with Crippen molar-refractivity contribution in [3.05, 3.63) is 0 Å². The first-order valence-corrected chi connectivity index (χ1v) is 6.68. The van der Waals surface area contributed by atoms with Crippen LogP contribution in [0.1, 0.15) is 40.0 Å². The maximum Gasteiger partial charge on any atom is 0.405 e. The smallest absolute Gasteiger partial charge is 0.405 e. The first-order valence-electron chi connectivity index (χ1n) is 6.68. The predicted molar refractivity (Wildman–Crippen MR) is 72.1 cm³/mol. The van der Waals surface area contributed by atoms with E-state index in [4.69, 9.17) is 5.11 Å². The summed E-state index contributed by atoms with van der Waals surface area (Å²) in [6.07, 6.45) is 0.839. The van der Waals surface area contributed by atoms with Gasteiger partial charge in [0.05, 0.1) is 18.8 Å². The van der Waals surface area contributed by atoms with Gasteiger partial charge >= 0.3 is 6.09 Å². The van der Waals surface area contributed by atoms with Gasteiger partial charge in [0.2, 0.25) is 0 Å². The van der Waals surface area contributed by atoms with Crippen molar-refractivity contribution in [1.29, 1.82) is 0 Å². The standard InChI is InChI=1S/C13H26N2O4/c1-12(2,3)4-10(7-16)14-9-5-13(6-9,8-17)15-11(18)19/h9-10,14-17H,4-8H2,1-3H3,(H,18,19)/t9?,10-,13?/m1/s1. The largest absolute Gasteiger partial charge is 0.465 e. The van der Waals surface area contributed by atoms with E-state index in [9.17, 15) is 15.0 Å². The summed E-state index contributed by atoms with van der Waals surface area (Å²) in [5, 5.41) is 33.1. The van der Waals surface area contributed by atoms with Crippen LogP contribution >= 0.6 is 0 Å². The van der Waals surface area contributed by atoms with Gasteiger partial charge in [-0.05, 0) is 24.7 Å². The second-order valence-corrected chi connectivity index (χ2v) is 6.78. The molecule has 0 bridgehead atoms. The van der Waals surface area contributed by atoms with Crippen molar-refractivity contribution in [2.75, 3.05) is 13.2 Å². The summed E-state index contributed by atoms with van der Waals surface area (Å²) in [6, 6.07) is 0.144. The molecule has 6 heteroatoms. The molecule has 1 fully saturated rings. The van der Waals surface area contributed by atoms with Crippen LogP contribution in [0.4, 0.5) is 4.79 Å². The molecule has 5 N–H and O–H groups in total. The number of hydrogen-bond acceptors (Lipinski definition) is 4. The zero-order valence-corrected chi connectivity index (χ0v) is 11.9. The molecule has 0 saturated heterocycles. The number of aliphatic hydroxyl groups is 2. The lowest BCUT2D eigenvalue weighted by atomic mass is 9.72. The van der Waals surface area contributed by atoms with Crippen LogP contribution in [0.5, 0.6) is 0 Å². The molecular weight excluding hydrogens is 248 g/mol. The van der Waals surface area contributed by atoms with Crippen LogP contribution in [-0.2, 0) is 0 Å². The monoisotopic (exact) mass is 274 g/mol. The van der Waals surface area contributed by atoms with Gasteiger partial charge in [-0.25, -0.2) is 4.79 Å². The molecule has 112 valence electrons. The van der Waals surface area contributed by atoms with Gasteiger partial charge in [0.25, 0.3) is 0 Å². The van der Waals surface area contributed by atoms with Crippen LogP contribution in [0.2, 0.25) is 0 Å². The number of carboxylic acid groups (broad SMARTS) is 1. The Morgan fingerprint density at radius 3 is 2.32 bits per heavy atom. The molecule has 0 radical (unpaired) electrons. The quantitative estimate of drug-likeness (QED) is 0.486. The van der Waals surface area contributed by atoms with E-state index < -0.39 is 11.6 Å². The van der Waals surface area contributed by atoms with E-state index in [1.807, 2.05) is 0 Å². The fraction of sp³-hybridized carbons (Fsp3) is 0.923. The van der Waals surface area contributed by atoms with Crippen molar-refractivity contribution in [1.82, 2.24) is 10.6 Å². The van der Waals surface area contributed by atoms with E-state index in [0.717, 1.165) is 6.42 Å². The van der Waals surface area contributed by atoms with Crippen LogP contribution in [0, 0.1) is 5.41 Å². The highest BCUT2D eigenvalue weighted by atomic mass is 16.4. The van der Waals surface area contributed by atoms with Gasteiger partial charge in [-0.3, -0.25) is 0 Å². The minimum absolute atomic E-state index is 0.00604. The van der Waals surface area contributed by atoms with Crippen molar-refractivity contribution in [3.8, 4) is 0 Å². The zero-order chi connectivity index (χ0) is 14.7. The summed E-state index contributed by atoms with van der Waals surface area (Å²) in [7, 11) is 0. The summed E-state index contributed by atoms with van der Waals surface area (Å²) in [5.74, 6) is 0. The molecule has 19 heavy (non-hydrogen) atoms. The Balaban J connectivity index is 2.42. The Kier molecular flexibility index (Phi) is 5.18. The van der Waals surface area contributed by atoms with Crippen molar-refractivity contribution < 1.29 is 20.1 Å². The van der Waals surface area contributed by atoms with Crippen LogP contribution in [-0.4, -0.2) is 52.2 Å². The van der Waals surface area contributed by atoms with Crippen LogP contribution in [0.3, 0.4) is 0 Å². The SMILES string of the molecule is CC(C)(C)C[C@H](CO)NC1CC(CO)(NC(=O)O)C1. The molecule has 1 atom stereocenters. The number of nitrogens with one attached hydrogen (secondary N) is 2. The second-order valence-electron chi connectivity index (χ2n) is 6.78. The highest BCUT2D eigenvalue weighted by molar-refractivity contribution is 5.66. The highest BCUT2D eigenvalue weighted by Crippen LogP contribution is 2.33. The lowest BCUT2D eigenvalue weighted by molar-refractivity contribution is 0.0464. The minimum Gasteiger partial charge on any atom is -0.465 e. The summed E-state index contributed by atoms with van der Waals surface area (Å²) < 4.78 is 0. The fourth-order valence-corrected chi connectivity index (χ4v) is 2.75. The zero-order valence-electron chi connectivity index (χ0n) is 11.9. The Labute approximate surface area is 114 Å². The van der Waals surface area contributed by atoms with E-state index in [-0.39, 0.29) is 30.7 Å². The third-order valence-corrected chi connectivity index (χ3v) is 3.50. The molecule has 1 rings (SSSR count). The summed E-state index contributed by atoms with van der Waals surface area (Å²) in [4.78, 5) is 10.7. The summed E-state index contributed by atoms with van der Waals surface area (Å²) in [6.45, 7) is 6.21. The van der Waals surface area contributed by atoms with E-state index in [1.165, 1.54) is 0 Å². The average molecular weight is 274 g/mol. The fourth-order valence-electron chi connectivity index (χ4n) is 2.75. The molecule has 0 aromatic rings. The molecule has 0 aliphatic heterocycles. The average Bonchev–Trinajstić information content (AvgIpc) is 2.21. The molecule has 1 aliphatic rings. The van der Waals surface area contributed by atoms with Gasteiger partial charge in [-0.2, -0.15) is 0 Å². The van der Waals surface area contributed by atoms with Crippen molar-refractivity contribution in [2.24, 2.45) is 5.41 Å². The third-order valence-electron chi connectivity index (χ3n) is 3.50. The highest BCUT2D eigenvalue weighted by Gasteiger charge is 2.45. The third kappa shape index (κ3) is 4.97. The van der Waals surface area contributed by atoms with Crippen LogP contribution in [0.15, 0.2) is 0 Å². The molecule has 1 saturated carbocycles. The van der Waals surface area contributed by atoms with Gasteiger partial charge in [-0.1, -0.05) is 20.8 Å². The predicted octanol–water partition coefficient (Wildman–Crippen LogP) is 0.534. The number of rotatable bonds is 6. The van der Waals surface area contributed by atoms with E-state index in [1.54, 1.807) is 0 Å². The molecule has 0 aromatic carbocycles. The van der Waals surface area contributed by atoms with E-state index in [2.05, 4.69) is 31.4 Å². The van der Waals surface area contributed by atoms with E-state index >= 15 is 0 Å². The lowest BCUT2D eigenvalue weighted by Crippen LogP contribution is -2.66. The van der Waals surface area contributed by atoms with E-state index in [0.29, 0.717) is 12.8 Å². The Hall–Kier alpha value is -0.850. The first kappa shape index (κ1) is 16.2. The maximum absolute atomic E-state index is 10.7. The topological polar surface area (TPSA) is 102 Å². The van der Waals surface area contributed by atoms with Gasteiger partial charge < -0.3 is 26.0 Å². The normalized spacial score (nSPS) is 28.6. The summed E-state index contributed by atoms with van der Waals surface area (Å²) >= 11 is 0.